The number of nitrogens with zero attached hydrogens (tertiary/aromatic N) is 2. The van der Waals surface area contributed by atoms with Gasteiger partial charge in [0.15, 0.2) is 0 Å². The SMILES string of the molecule is Cc1ccc(S(=O)(=O)OCCCN(Cc2cccc([N+](=O)[O-])c2)C(=O)OC(C)(C)C)cc1. The summed E-state index contributed by atoms with van der Waals surface area (Å²) in [4.78, 5) is 24.6. The fourth-order valence-electron chi connectivity index (χ4n) is 2.75. The lowest BCUT2D eigenvalue weighted by molar-refractivity contribution is -0.384. The van der Waals surface area contributed by atoms with Crippen molar-refractivity contribution in [2.24, 2.45) is 0 Å². The summed E-state index contributed by atoms with van der Waals surface area (Å²) in [5.74, 6) is 0. The van der Waals surface area contributed by atoms with Crippen LogP contribution < -0.4 is 0 Å². The molecule has 0 N–H and O–H groups in total. The van der Waals surface area contributed by atoms with Gasteiger partial charge in [-0.05, 0) is 51.8 Å². The summed E-state index contributed by atoms with van der Waals surface area (Å²) in [5.41, 5.74) is 0.666. The second-order valence-corrected chi connectivity index (χ2v) is 9.89. The molecule has 174 valence electrons. The highest BCUT2D eigenvalue weighted by atomic mass is 32.2. The third kappa shape index (κ3) is 7.93. The molecular weight excluding hydrogens is 436 g/mol. The molecule has 0 unspecified atom stereocenters. The fraction of sp³-hybridized carbons (Fsp3) is 0.409. The quantitative estimate of drug-likeness (QED) is 0.233. The molecular formula is C22H28N2O7S. The number of nitro groups is 1. The number of hydrogen-bond donors (Lipinski definition) is 0. The van der Waals surface area contributed by atoms with Gasteiger partial charge in [-0.1, -0.05) is 29.8 Å². The first kappa shape index (κ1) is 25.3. The third-order valence-electron chi connectivity index (χ3n) is 4.27. The van der Waals surface area contributed by atoms with Crippen molar-refractivity contribution in [3.8, 4) is 0 Å². The lowest BCUT2D eigenvalue weighted by Gasteiger charge is -2.27. The van der Waals surface area contributed by atoms with Crippen LogP contribution >= 0.6 is 0 Å². The predicted octanol–water partition coefficient (Wildman–Crippen LogP) is 4.44. The van der Waals surface area contributed by atoms with E-state index in [1.165, 1.54) is 35.2 Å². The van der Waals surface area contributed by atoms with E-state index in [2.05, 4.69) is 0 Å². The van der Waals surface area contributed by atoms with Crippen molar-refractivity contribution in [2.75, 3.05) is 13.2 Å². The van der Waals surface area contributed by atoms with E-state index >= 15 is 0 Å². The van der Waals surface area contributed by atoms with Crippen LogP contribution in [0.1, 0.15) is 38.3 Å². The minimum atomic E-state index is -3.91. The molecule has 0 atom stereocenters. The highest BCUT2D eigenvalue weighted by Crippen LogP contribution is 2.18. The van der Waals surface area contributed by atoms with Gasteiger partial charge in [0.1, 0.15) is 5.60 Å². The van der Waals surface area contributed by atoms with Crippen LogP contribution in [0.2, 0.25) is 0 Å². The van der Waals surface area contributed by atoms with Gasteiger partial charge >= 0.3 is 6.09 Å². The molecule has 0 saturated carbocycles. The molecule has 1 amide bonds. The summed E-state index contributed by atoms with van der Waals surface area (Å²) >= 11 is 0. The Morgan fingerprint density at radius 2 is 1.78 bits per heavy atom. The average Bonchev–Trinajstić information content (AvgIpc) is 2.69. The Hall–Kier alpha value is -2.98. The summed E-state index contributed by atoms with van der Waals surface area (Å²) in [5, 5.41) is 11.0. The number of rotatable bonds is 9. The number of nitro benzene ring substituents is 1. The van der Waals surface area contributed by atoms with E-state index in [0.717, 1.165) is 5.56 Å². The number of carbonyl (C=O) groups excluding carboxylic acids is 1. The zero-order valence-corrected chi connectivity index (χ0v) is 19.4. The monoisotopic (exact) mass is 464 g/mol. The van der Waals surface area contributed by atoms with Crippen molar-refractivity contribution in [1.82, 2.24) is 4.90 Å². The molecule has 0 saturated heterocycles. The van der Waals surface area contributed by atoms with E-state index in [1.54, 1.807) is 39.0 Å². The molecule has 9 nitrogen and oxygen atoms in total. The number of benzene rings is 2. The topological polar surface area (TPSA) is 116 Å². The van der Waals surface area contributed by atoms with E-state index in [9.17, 15) is 23.3 Å². The molecule has 32 heavy (non-hydrogen) atoms. The first-order chi connectivity index (χ1) is 14.9. The van der Waals surface area contributed by atoms with Gasteiger partial charge in [-0.2, -0.15) is 8.42 Å². The zero-order valence-electron chi connectivity index (χ0n) is 18.6. The van der Waals surface area contributed by atoms with Gasteiger partial charge < -0.3 is 9.64 Å². The number of non-ortho nitro benzene ring substituents is 1. The minimum absolute atomic E-state index is 0.0590. The summed E-state index contributed by atoms with van der Waals surface area (Å²) < 4.78 is 35.1. The van der Waals surface area contributed by atoms with Crippen LogP contribution in [0.25, 0.3) is 0 Å². The molecule has 0 fully saturated rings. The summed E-state index contributed by atoms with van der Waals surface area (Å²) in [6.07, 6.45) is -0.385. The van der Waals surface area contributed by atoms with Crippen molar-refractivity contribution < 1.29 is 27.1 Å². The van der Waals surface area contributed by atoms with Gasteiger partial charge in [0.2, 0.25) is 0 Å². The zero-order chi connectivity index (χ0) is 23.9. The van der Waals surface area contributed by atoms with E-state index < -0.39 is 26.7 Å². The first-order valence-electron chi connectivity index (χ1n) is 10.0. The largest absolute Gasteiger partial charge is 0.444 e. The van der Waals surface area contributed by atoms with Gasteiger partial charge in [0, 0.05) is 25.2 Å². The maximum Gasteiger partial charge on any atom is 0.410 e. The van der Waals surface area contributed by atoms with E-state index in [4.69, 9.17) is 8.92 Å². The Bertz CT molecular complexity index is 1040. The number of amides is 1. The Morgan fingerprint density at radius 3 is 2.38 bits per heavy atom. The van der Waals surface area contributed by atoms with E-state index in [1.807, 2.05) is 6.92 Å². The molecule has 0 spiro atoms. The standard InChI is InChI=1S/C22H28N2O7S/c1-17-9-11-20(12-10-17)32(28,29)30-14-6-13-23(21(25)31-22(2,3)4)16-18-7-5-8-19(15-18)24(26)27/h5,7-12,15H,6,13-14,16H2,1-4H3. The van der Waals surface area contributed by atoms with Crippen molar-refractivity contribution >= 4 is 21.9 Å². The van der Waals surface area contributed by atoms with Crippen LogP contribution in [0.15, 0.2) is 53.4 Å². The summed E-state index contributed by atoms with van der Waals surface area (Å²) in [7, 11) is -3.91. The Morgan fingerprint density at radius 1 is 1.12 bits per heavy atom. The van der Waals surface area contributed by atoms with Crippen LogP contribution in [0.3, 0.4) is 0 Å². The van der Waals surface area contributed by atoms with E-state index in [-0.39, 0.29) is 36.7 Å². The van der Waals surface area contributed by atoms with Gasteiger partial charge in [-0.3, -0.25) is 14.3 Å². The Labute approximate surface area is 188 Å². The molecule has 10 heteroatoms. The van der Waals surface area contributed by atoms with E-state index in [0.29, 0.717) is 5.56 Å². The van der Waals surface area contributed by atoms with Crippen molar-refractivity contribution in [3.63, 3.8) is 0 Å². The molecule has 0 radical (unpaired) electrons. The smallest absolute Gasteiger partial charge is 0.410 e. The number of ether oxygens (including phenoxy) is 1. The molecule has 2 aromatic rings. The number of aryl methyl sites for hydroxylation is 1. The molecule has 0 aromatic heterocycles. The second-order valence-electron chi connectivity index (χ2n) is 8.27. The normalized spacial score (nSPS) is 11.8. The molecule has 0 aliphatic heterocycles. The van der Waals surface area contributed by atoms with Crippen molar-refractivity contribution in [3.05, 3.63) is 69.8 Å². The van der Waals surface area contributed by atoms with Crippen molar-refractivity contribution in [1.29, 1.82) is 0 Å². The summed E-state index contributed by atoms with van der Waals surface area (Å²) in [6, 6.07) is 12.3. The molecule has 2 aromatic carbocycles. The third-order valence-corrected chi connectivity index (χ3v) is 5.59. The van der Waals surface area contributed by atoms with Crippen LogP contribution in [-0.2, 0) is 25.6 Å². The van der Waals surface area contributed by atoms with Crippen LogP contribution in [-0.4, -0.2) is 43.1 Å². The maximum atomic E-state index is 12.6. The van der Waals surface area contributed by atoms with Crippen LogP contribution in [0, 0.1) is 17.0 Å². The predicted molar refractivity (Wildman–Crippen MR) is 119 cm³/mol. The van der Waals surface area contributed by atoms with Crippen molar-refractivity contribution in [2.45, 2.75) is 51.2 Å². The highest BCUT2D eigenvalue weighted by molar-refractivity contribution is 7.86. The number of hydrogen-bond acceptors (Lipinski definition) is 7. The minimum Gasteiger partial charge on any atom is -0.444 e. The highest BCUT2D eigenvalue weighted by Gasteiger charge is 2.23. The molecule has 0 bridgehead atoms. The maximum absolute atomic E-state index is 12.6. The Balaban J connectivity index is 2.04. The molecule has 2 rings (SSSR count). The van der Waals surface area contributed by atoms with Crippen LogP contribution in [0.4, 0.5) is 10.5 Å². The Kier molecular flexibility index (Phi) is 8.34. The first-order valence-corrected chi connectivity index (χ1v) is 11.5. The lowest BCUT2D eigenvalue weighted by Crippen LogP contribution is -2.37. The van der Waals surface area contributed by atoms with Gasteiger partial charge in [0.05, 0.1) is 16.4 Å². The van der Waals surface area contributed by atoms with Gasteiger partial charge in [0.25, 0.3) is 15.8 Å². The second kappa shape index (κ2) is 10.6. The van der Waals surface area contributed by atoms with Crippen LogP contribution in [0.5, 0.6) is 0 Å². The fourth-order valence-corrected chi connectivity index (χ4v) is 3.69. The molecule has 0 aliphatic carbocycles. The van der Waals surface area contributed by atoms with Gasteiger partial charge in [-0.15, -0.1) is 0 Å². The number of carbonyl (C=O) groups is 1. The summed E-state index contributed by atoms with van der Waals surface area (Å²) in [6.45, 7) is 7.12. The lowest BCUT2D eigenvalue weighted by atomic mass is 10.2. The molecule has 0 heterocycles. The average molecular weight is 465 g/mol. The van der Waals surface area contributed by atoms with Gasteiger partial charge in [-0.25, -0.2) is 4.79 Å². The molecule has 0 aliphatic rings.